The molecule has 0 N–H and O–H groups in total. The van der Waals surface area contributed by atoms with Crippen molar-refractivity contribution in [2.45, 2.75) is 26.4 Å². The second kappa shape index (κ2) is 6.47. The maximum Gasteiger partial charge on any atom is 0.435 e. The lowest BCUT2D eigenvalue weighted by atomic mass is 10.1. The third-order valence-electron chi connectivity index (χ3n) is 2.75. The van der Waals surface area contributed by atoms with Gasteiger partial charge in [0.05, 0.1) is 13.4 Å². The first-order chi connectivity index (χ1) is 10.4. The van der Waals surface area contributed by atoms with E-state index < -0.39 is 11.7 Å². The summed E-state index contributed by atoms with van der Waals surface area (Å²) in [4.78, 5) is 12.2. The molecule has 2 aromatic rings. The number of benzene rings is 1. The average molecular weight is 300 g/mol. The lowest BCUT2D eigenvalue weighted by Crippen LogP contribution is -2.27. The molecule has 5 heteroatoms. The molecule has 1 heterocycles. The minimum absolute atomic E-state index is 0.512. The maximum atomic E-state index is 12.2. The van der Waals surface area contributed by atoms with E-state index in [1.54, 1.807) is 25.6 Å². The molecule has 0 unspecified atom stereocenters. The summed E-state index contributed by atoms with van der Waals surface area (Å²) in [5.74, 6) is 0. The van der Waals surface area contributed by atoms with Crippen LogP contribution in [0.25, 0.3) is 17.3 Å². The third kappa shape index (κ3) is 3.97. The van der Waals surface area contributed by atoms with Crippen molar-refractivity contribution in [3.63, 3.8) is 0 Å². The summed E-state index contributed by atoms with van der Waals surface area (Å²) in [7, 11) is 1.57. The molecule has 116 valence electrons. The number of carbonyl (C=O) groups excluding carboxylic acids is 1. The van der Waals surface area contributed by atoms with Gasteiger partial charge in [-0.05, 0) is 26.8 Å². The van der Waals surface area contributed by atoms with Crippen LogP contribution in [0.4, 0.5) is 4.79 Å². The third-order valence-corrected chi connectivity index (χ3v) is 2.75. The first-order valence-corrected chi connectivity index (χ1v) is 6.98. The summed E-state index contributed by atoms with van der Waals surface area (Å²) in [5.41, 5.74) is 1.82. The molecule has 0 saturated heterocycles. The normalized spacial score (nSPS) is 11.6. The van der Waals surface area contributed by atoms with Gasteiger partial charge in [0.25, 0.3) is 0 Å². The fraction of sp³-hybridized carbons (Fsp3) is 0.294. The molecule has 0 fully saturated rings. The van der Waals surface area contributed by atoms with Gasteiger partial charge in [-0.25, -0.2) is 4.79 Å². The number of nitrogens with zero attached hydrogens (tertiary/aromatic N) is 2. The summed E-state index contributed by atoms with van der Waals surface area (Å²) in [5, 5.41) is 4.35. The number of ether oxygens (including phenoxy) is 2. The van der Waals surface area contributed by atoms with Gasteiger partial charge in [-0.2, -0.15) is 9.78 Å². The van der Waals surface area contributed by atoms with E-state index in [-0.39, 0.29) is 0 Å². The first kappa shape index (κ1) is 15.8. The lowest BCUT2D eigenvalue weighted by molar-refractivity contribution is 0.0515. The van der Waals surface area contributed by atoms with Gasteiger partial charge in [-0.3, -0.25) is 0 Å². The Morgan fingerprint density at radius 2 is 1.91 bits per heavy atom. The van der Waals surface area contributed by atoms with E-state index in [0.717, 1.165) is 11.1 Å². The van der Waals surface area contributed by atoms with E-state index in [1.165, 1.54) is 4.68 Å². The van der Waals surface area contributed by atoms with Crippen molar-refractivity contribution < 1.29 is 14.3 Å². The molecule has 0 bridgehead atoms. The van der Waals surface area contributed by atoms with Gasteiger partial charge in [0.1, 0.15) is 11.3 Å². The zero-order valence-electron chi connectivity index (χ0n) is 13.2. The number of aromatic nitrogens is 2. The molecule has 0 aliphatic heterocycles. The summed E-state index contributed by atoms with van der Waals surface area (Å²) in [6.07, 6.45) is 4.42. The highest BCUT2D eigenvalue weighted by Crippen LogP contribution is 2.23. The zero-order chi connectivity index (χ0) is 16.2. The van der Waals surface area contributed by atoms with E-state index in [2.05, 4.69) is 5.10 Å². The second-order valence-corrected chi connectivity index (χ2v) is 5.76. The fourth-order valence-corrected chi connectivity index (χ4v) is 1.87. The average Bonchev–Trinajstić information content (AvgIpc) is 2.88. The molecule has 0 saturated carbocycles. The summed E-state index contributed by atoms with van der Waals surface area (Å²) < 4.78 is 11.5. The van der Waals surface area contributed by atoms with Crippen molar-refractivity contribution in [3.8, 4) is 11.3 Å². The standard InChI is InChI=1S/C17H20N2O3/c1-17(2,3)22-16(20)19-12-14(10-11-21-4)15(18-19)13-8-6-5-7-9-13/h5-12H,1-4H3. The molecule has 1 aromatic heterocycles. The van der Waals surface area contributed by atoms with E-state index >= 15 is 0 Å². The number of carbonyl (C=O) groups is 1. The predicted molar refractivity (Wildman–Crippen MR) is 85.3 cm³/mol. The Morgan fingerprint density at radius 1 is 1.23 bits per heavy atom. The fourth-order valence-electron chi connectivity index (χ4n) is 1.87. The molecule has 0 aliphatic rings. The molecule has 2 rings (SSSR count). The van der Waals surface area contributed by atoms with Gasteiger partial charge in [-0.15, -0.1) is 0 Å². The van der Waals surface area contributed by atoms with Crippen molar-refractivity contribution in [1.82, 2.24) is 9.78 Å². The van der Waals surface area contributed by atoms with Crippen molar-refractivity contribution in [2.75, 3.05) is 7.11 Å². The first-order valence-electron chi connectivity index (χ1n) is 6.98. The van der Waals surface area contributed by atoms with Crippen molar-refractivity contribution in [3.05, 3.63) is 48.4 Å². The van der Waals surface area contributed by atoms with Crippen LogP contribution in [0.15, 0.2) is 42.8 Å². The maximum absolute atomic E-state index is 12.2. The van der Waals surface area contributed by atoms with Crippen LogP contribution in [0, 0.1) is 0 Å². The van der Waals surface area contributed by atoms with E-state index in [9.17, 15) is 4.79 Å². The van der Waals surface area contributed by atoms with E-state index in [1.807, 2.05) is 51.1 Å². The van der Waals surface area contributed by atoms with E-state index in [4.69, 9.17) is 9.47 Å². The SMILES string of the molecule is COC=Cc1cn(C(=O)OC(C)(C)C)nc1-c1ccccc1. The van der Waals surface area contributed by atoms with Gasteiger partial charge in [0.2, 0.25) is 0 Å². The number of hydrogen-bond acceptors (Lipinski definition) is 4. The number of rotatable bonds is 3. The van der Waals surface area contributed by atoms with Crippen molar-refractivity contribution in [1.29, 1.82) is 0 Å². The molecular weight excluding hydrogens is 280 g/mol. The molecule has 0 atom stereocenters. The zero-order valence-corrected chi connectivity index (χ0v) is 13.2. The van der Waals surface area contributed by atoms with Gasteiger partial charge in [0, 0.05) is 17.3 Å². The highest BCUT2D eigenvalue weighted by Gasteiger charge is 2.20. The Balaban J connectivity index is 2.40. The van der Waals surface area contributed by atoms with E-state index in [0.29, 0.717) is 5.69 Å². The van der Waals surface area contributed by atoms with Gasteiger partial charge < -0.3 is 9.47 Å². The van der Waals surface area contributed by atoms with Gasteiger partial charge in [0.15, 0.2) is 0 Å². The quantitative estimate of drug-likeness (QED) is 0.805. The summed E-state index contributed by atoms with van der Waals surface area (Å²) in [6.45, 7) is 5.45. The molecule has 1 aromatic carbocycles. The lowest BCUT2D eigenvalue weighted by Gasteiger charge is -2.18. The molecule has 0 radical (unpaired) electrons. The molecule has 0 aliphatic carbocycles. The molecular formula is C17H20N2O3. The minimum Gasteiger partial charge on any atom is -0.504 e. The minimum atomic E-state index is -0.571. The van der Waals surface area contributed by atoms with Gasteiger partial charge in [-0.1, -0.05) is 30.3 Å². The number of hydrogen-bond donors (Lipinski definition) is 0. The number of methoxy groups -OCH3 is 1. The van der Waals surface area contributed by atoms with Crippen LogP contribution in [0.1, 0.15) is 26.3 Å². The Kier molecular flexibility index (Phi) is 4.65. The van der Waals surface area contributed by atoms with Crippen molar-refractivity contribution in [2.24, 2.45) is 0 Å². The Labute approximate surface area is 130 Å². The van der Waals surface area contributed by atoms with Crippen LogP contribution in [0.2, 0.25) is 0 Å². The second-order valence-electron chi connectivity index (χ2n) is 5.76. The van der Waals surface area contributed by atoms with Crippen LogP contribution in [-0.4, -0.2) is 28.6 Å². The van der Waals surface area contributed by atoms with Crippen LogP contribution >= 0.6 is 0 Å². The van der Waals surface area contributed by atoms with Crippen molar-refractivity contribution >= 4 is 12.2 Å². The van der Waals surface area contributed by atoms with Crippen LogP contribution in [0.5, 0.6) is 0 Å². The van der Waals surface area contributed by atoms with Crippen LogP contribution in [0.3, 0.4) is 0 Å². The summed E-state index contributed by atoms with van der Waals surface area (Å²) in [6, 6.07) is 9.65. The highest BCUT2D eigenvalue weighted by atomic mass is 16.6. The van der Waals surface area contributed by atoms with Crippen LogP contribution in [-0.2, 0) is 9.47 Å². The molecule has 0 amide bonds. The smallest absolute Gasteiger partial charge is 0.435 e. The Morgan fingerprint density at radius 3 is 2.50 bits per heavy atom. The molecule has 0 spiro atoms. The topological polar surface area (TPSA) is 53.4 Å². The summed E-state index contributed by atoms with van der Waals surface area (Å²) >= 11 is 0. The Hall–Kier alpha value is -2.56. The highest BCUT2D eigenvalue weighted by molar-refractivity contribution is 5.76. The molecule has 22 heavy (non-hydrogen) atoms. The molecule has 5 nitrogen and oxygen atoms in total. The predicted octanol–water partition coefficient (Wildman–Crippen LogP) is 3.95. The monoisotopic (exact) mass is 300 g/mol. The Bertz CT molecular complexity index is 667. The van der Waals surface area contributed by atoms with Gasteiger partial charge >= 0.3 is 6.09 Å². The largest absolute Gasteiger partial charge is 0.504 e. The van der Waals surface area contributed by atoms with Crippen LogP contribution < -0.4 is 0 Å².